The van der Waals surface area contributed by atoms with Gasteiger partial charge in [-0.15, -0.1) is 24.0 Å². The van der Waals surface area contributed by atoms with Crippen LogP contribution in [0.5, 0.6) is 0 Å². The lowest BCUT2D eigenvalue weighted by atomic mass is 10.3. The Hall–Kier alpha value is -1.05. The maximum atomic E-state index is 11.5. The van der Waals surface area contributed by atoms with Gasteiger partial charge in [-0.25, -0.2) is 0 Å². The molecule has 0 saturated heterocycles. The molecule has 0 saturated carbocycles. The third-order valence-electron chi connectivity index (χ3n) is 2.76. The Morgan fingerprint density at radius 2 is 1.80 bits per heavy atom. The molecule has 5 nitrogen and oxygen atoms in total. The largest absolute Gasteiger partial charge is 0.349 e. The highest BCUT2D eigenvalue weighted by molar-refractivity contribution is 14.0. The molecule has 0 spiro atoms. The molecule has 0 aromatic carbocycles. The van der Waals surface area contributed by atoms with E-state index in [2.05, 4.69) is 4.99 Å². The fourth-order valence-corrected chi connectivity index (χ4v) is 1.90. The van der Waals surface area contributed by atoms with Crippen LogP contribution in [0.15, 0.2) is 34.2 Å². The molecular formula is C14H25IN4O. The number of nitrogens with zero attached hydrogens (tertiary/aromatic N) is 4. The van der Waals surface area contributed by atoms with E-state index in [0.29, 0.717) is 0 Å². The lowest BCUT2D eigenvalue weighted by molar-refractivity contribution is 0.477. The molecule has 0 fully saturated rings. The Labute approximate surface area is 138 Å². The molecule has 114 valence electrons. The Morgan fingerprint density at radius 1 is 1.15 bits per heavy atom. The van der Waals surface area contributed by atoms with Crippen LogP contribution < -0.4 is 5.56 Å². The van der Waals surface area contributed by atoms with Gasteiger partial charge in [-0.1, -0.05) is 6.07 Å². The maximum absolute atomic E-state index is 11.5. The maximum Gasteiger partial charge on any atom is 0.250 e. The van der Waals surface area contributed by atoms with Crippen molar-refractivity contribution in [2.45, 2.75) is 19.4 Å². The summed E-state index contributed by atoms with van der Waals surface area (Å²) in [5, 5.41) is 0. The number of hydrogen-bond donors (Lipinski definition) is 0. The zero-order valence-corrected chi connectivity index (χ0v) is 15.1. The van der Waals surface area contributed by atoms with Gasteiger partial charge in [-0.2, -0.15) is 0 Å². The molecule has 1 aromatic heterocycles. The highest BCUT2D eigenvalue weighted by Gasteiger charge is 2.02. The first kappa shape index (κ1) is 18.9. The number of pyridine rings is 1. The zero-order chi connectivity index (χ0) is 14.3. The monoisotopic (exact) mass is 392 g/mol. The van der Waals surface area contributed by atoms with Gasteiger partial charge in [0.1, 0.15) is 0 Å². The molecule has 0 atom stereocenters. The number of aryl methyl sites for hydroxylation is 1. The highest BCUT2D eigenvalue weighted by atomic mass is 127. The van der Waals surface area contributed by atoms with Crippen molar-refractivity contribution >= 4 is 29.9 Å². The summed E-state index contributed by atoms with van der Waals surface area (Å²) in [6.45, 7) is 1.54. The van der Waals surface area contributed by atoms with E-state index in [1.807, 2.05) is 50.3 Å². The van der Waals surface area contributed by atoms with Crippen molar-refractivity contribution in [3.05, 3.63) is 34.7 Å². The van der Waals surface area contributed by atoms with E-state index in [4.69, 9.17) is 0 Å². The fraction of sp³-hybridized carbons (Fsp3) is 0.571. The summed E-state index contributed by atoms with van der Waals surface area (Å²) >= 11 is 0. The summed E-state index contributed by atoms with van der Waals surface area (Å²) in [4.78, 5) is 20.1. The van der Waals surface area contributed by atoms with E-state index >= 15 is 0 Å². The molecular weight excluding hydrogens is 367 g/mol. The highest BCUT2D eigenvalue weighted by Crippen LogP contribution is 1.96. The third kappa shape index (κ3) is 6.40. The van der Waals surface area contributed by atoms with E-state index in [1.165, 1.54) is 0 Å². The van der Waals surface area contributed by atoms with Gasteiger partial charge in [0.25, 0.3) is 0 Å². The smallest absolute Gasteiger partial charge is 0.250 e. The minimum atomic E-state index is 0. The molecule has 20 heavy (non-hydrogen) atoms. The van der Waals surface area contributed by atoms with Crippen molar-refractivity contribution in [2.24, 2.45) is 4.99 Å². The van der Waals surface area contributed by atoms with E-state index in [1.54, 1.807) is 16.7 Å². The zero-order valence-electron chi connectivity index (χ0n) is 12.7. The molecule has 1 rings (SSSR count). The molecule has 0 aliphatic rings. The van der Waals surface area contributed by atoms with Crippen molar-refractivity contribution in [1.82, 2.24) is 14.4 Å². The van der Waals surface area contributed by atoms with Gasteiger partial charge in [-0.3, -0.25) is 9.79 Å². The molecule has 6 heteroatoms. The van der Waals surface area contributed by atoms with Gasteiger partial charge in [-0.05, 0) is 18.9 Å². The van der Waals surface area contributed by atoms with Crippen molar-refractivity contribution < 1.29 is 0 Å². The standard InChI is InChI=1S/C14H24N4O.HI/c1-16(2)14(17(3)4)15-10-6-8-12-18-11-7-5-9-13(18)19;/h5,7,9,11H,6,8,10,12H2,1-4H3;1H. The minimum absolute atomic E-state index is 0. The van der Waals surface area contributed by atoms with Crippen LogP contribution in [-0.2, 0) is 6.54 Å². The minimum Gasteiger partial charge on any atom is -0.349 e. The average molecular weight is 392 g/mol. The summed E-state index contributed by atoms with van der Waals surface area (Å²) in [6, 6.07) is 5.24. The van der Waals surface area contributed by atoms with Gasteiger partial charge < -0.3 is 14.4 Å². The Kier molecular flexibility index (Phi) is 9.28. The number of guanidine groups is 1. The van der Waals surface area contributed by atoms with Crippen LogP contribution in [0.1, 0.15) is 12.8 Å². The van der Waals surface area contributed by atoms with Crippen molar-refractivity contribution in [1.29, 1.82) is 0 Å². The number of unbranched alkanes of at least 4 members (excludes halogenated alkanes) is 1. The van der Waals surface area contributed by atoms with Crippen LogP contribution in [0.3, 0.4) is 0 Å². The van der Waals surface area contributed by atoms with Crippen molar-refractivity contribution in [3.8, 4) is 0 Å². The van der Waals surface area contributed by atoms with Crippen LogP contribution in [-0.4, -0.2) is 55.1 Å². The van der Waals surface area contributed by atoms with E-state index in [0.717, 1.165) is 31.9 Å². The lowest BCUT2D eigenvalue weighted by Crippen LogP contribution is -2.35. The summed E-state index contributed by atoms with van der Waals surface area (Å²) in [5.41, 5.74) is 0.0632. The number of aliphatic imine (C=N–C) groups is 1. The Bertz CT molecular complexity index is 458. The van der Waals surface area contributed by atoms with E-state index < -0.39 is 0 Å². The van der Waals surface area contributed by atoms with Crippen molar-refractivity contribution in [3.63, 3.8) is 0 Å². The first-order valence-corrected chi connectivity index (χ1v) is 6.57. The summed E-state index contributed by atoms with van der Waals surface area (Å²) < 4.78 is 1.74. The number of rotatable bonds is 5. The first-order chi connectivity index (χ1) is 9.02. The fourth-order valence-electron chi connectivity index (χ4n) is 1.90. The second-order valence-electron chi connectivity index (χ2n) is 4.91. The molecule has 0 radical (unpaired) electrons. The number of aromatic nitrogens is 1. The summed E-state index contributed by atoms with van der Waals surface area (Å²) in [7, 11) is 7.95. The molecule has 0 N–H and O–H groups in total. The third-order valence-corrected chi connectivity index (χ3v) is 2.76. The molecule has 0 aliphatic carbocycles. The van der Waals surface area contributed by atoms with Gasteiger partial charge >= 0.3 is 0 Å². The van der Waals surface area contributed by atoms with Gasteiger partial charge in [0.05, 0.1) is 0 Å². The molecule has 0 amide bonds. The van der Waals surface area contributed by atoms with Gasteiger partial charge in [0.2, 0.25) is 5.56 Å². The number of halogens is 1. The molecule has 1 aromatic rings. The van der Waals surface area contributed by atoms with Crippen LogP contribution in [0.25, 0.3) is 0 Å². The second-order valence-corrected chi connectivity index (χ2v) is 4.91. The Balaban J connectivity index is 0.00000361. The average Bonchev–Trinajstić information content (AvgIpc) is 2.34. The van der Waals surface area contributed by atoms with Crippen molar-refractivity contribution in [2.75, 3.05) is 34.7 Å². The van der Waals surface area contributed by atoms with Gasteiger partial charge in [0, 0.05) is 53.5 Å². The van der Waals surface area contributed by atoms with E-state index in [-0.39, 0.29) is 29.5 Å². The Morgan fingerprint density at radius 3 is 2.35 bits per heavy atom. The van der Waals surface area contributed by atoms with E-state index in [9.17, 15) is 4.79 Å². The lowest BCUT2D eigenvalue weighted by Gasteiger charge is -2.22. The molecule has 0 aliphatic heterocycles. The predicted molar refractivity (Wildman–Crippen MR) is 95.0 cm³/mol. The summed E-state index contributed by atoms with van der Waals surface area (Å²) in [5.74, 6) is 0.969. The van der Waals surface area contributed by atoms with Crippen LogP contribution in [0.2, 0.25) is 0 Å². The van der Waals surface area contributed by atoms with Gasteiger partial charge in [0.15, 0.2) is 5.96 Å². The normalized spacial score (nSPS) is 9.60. The molecule has 0 bridgehead atoms. The van der Waals surface area contributed by atoms with Crippen LogP contribution >= 0.6 is 24.0 Å². The predicted octanol–water partition coefficient (Wildman–Crippen LogP) is 1.73. The molecule has 0 unspecified atom stereocenters. The quantitative estimate of drug-likeness (QED) is 0.332. The first-order valence-electron chi connectivity index (χ1n) is 6.57. The number of hydrogen-bond acceptors (Lipinski definition) is 2. The van der Waals surface area contributed by atoms with Crippen LogP contribution in [0, 0.1) is 0 Å². The topological polar surface area (TPSA) is 40.8 Å². The second kappa shape index (κ2) is 9.79. The SMILES string of the molecule is CN(C)C(=NCCCCn1ccccc1=O)N(C)C.I. The molecule has 1 heterocycles. The summed E-state index contributed by atoms with van der Waals surface area (Å²) in [6.07, 6.45) is 3.77. The van der Waals surface area contributed by atoms with Crippen LogP contribution in [0.4, 0.5) is 0 Å².